The average Bonchev–Trinajstić information content (AvgIpc) is 2.73. The molecule has 2 rings (SSSR count). The highest BCUT2D eigenvalue weighted by atomic mass is 16.2. The zero-order valence-electron chi connectivity index (χ0n) is 12.1. The third-order valence-electron chi connectivity index (χ3n) is 4.10. The molecule has 1 aliphatic rings. The molecule has 0 saturated carbocycles. The molecule has 3 heteroatoms. The summed E-state index contributed by atoms with van der Waals surface area (Å²) >= 11 is 0. The van der Waals surface area contributed by atoms with Gasteiger partial charge in [0.25, 0.3) is 0 Å². The molecule has 0 aliphatic carbocycles. The molecule has 2 atom stereocenters. The first-order valence-corrected chi connectivity index (χ1v) is 7.28. The second kappa shape index (κ2) is 6.20. The molecule has 2 unspecified atom stereocenters. The summed E-state index contributed by atoms with van der Waals surface area (Å²) in [5.41, 5.74) is 1.17. The molecule has 1 fully saturated rings. The van der Waals surface area contributed by atoms with E-state index in [9.17, 15) is 4.79 Å². The van der Waals surface area contributed by atoms with Crippen LogP contribution in [0.5, 0.6) is 0 Å². The first-order chi connectivity index (χ1) is 9.17. The second-order valence-corrected chi connectivity index (χ2v) is 5.37. The van der Waals surface area contributed by atoms with E-state index >= 15 is 0 Å². The highest BCUT2D eigenvalue weighted by Crippen LogP contribution is 2.27. The van der Waals surface area contributed by atoms with E-state index in [1.165, 1.54) is 5.56 Å². The summed E-state index contributed by atoms with van der Waals surface area (Å²) < 4.78 is 0. The minimum absolute atomic E-state index is 0.0318. The molecule has 0 radical (unpaired) electrons. The number of carbonyl (C=O) groups excluding carboxylic acids is 1. The van der Waals surface area contributed by atoms with Crippen LogP contribution in [0.15, 0.2) is 30.3 Å². The van der Waals surface area contributed by atoms with Gasteiger partial charge in [-0.15, -0.1) is 0 Å². The molecule has 1 saturated heterocycles. The first-order valence-electron chi connectivity index (χ1n) is 7.28. The van der Waals surface area contributed by atoms with E-state index in [0.29, 0.717) is 5.92 Å². The monoisotopic (exact) mass is 260 g/mol. The Morgan fingerprint density at radius 3 is 2.42 bits per heavy atom. The number of hydrogen-bond acceptors (Lipinski definition) is 2. The van der Waals surface area contributed by atoms with Crippen LogP contribution in [0.4, 0.5) is 0 Å². The van der Waals surface area contributed by atoms with Crippen LogP contribution in [-0.4, -0.2) is 23.4 Å². The molecule has 1 aromatic carbocycles. The zero-order chi connectivity index (χ0) is 13.8. The number of hydrogen-bond donors (Lipinski definition) is 1. The quantitative estimate of drug-likeness (QED) is 0.883. The van der Waals surface area contributed by atoms with Crippen LogP contribution in [0.1, 0.15) is 45.3 Å². The van der Waals surface area contributed by atoms with Gasteiger partial charge in [0, 0.05) is 6.54 Å². The number of nitrogens with zero attached hydrogens (tertiary/aromatic N) is 1. The summed E-state index contributed by atoms with van der Waals surface area (Å²) in [6, 6.07) is 10.2. The van der Waals surface area contributed by atoms with Crippen LogP contribution >= 0.6 is 0 Å². The van der Waals surface area contributed by atoms with Crippen molar-refractivity contribution in [2.24, 2.45) is 5.92 Å². The maximum Gasteiger partial charge on any atom is 0.241 e. The summed E-state index contributed by atoms with van der Waals surface area (Å²) in [6.45, 7) is 7.19. The Kier molecular flexibility index (Phi) is 4.59. The lowest BCUT2D eigenvalue weighted by Crippen LogP contribution is -2.34. The third kappa shape index (κ3) is 2.98. The van der Waals surface area contributed by atoms with Gasteiger partial charge in [-0.05, 0) is 18.4 Å². The second-order valence-electron chi connectivity index (χ2n) is 5.37. The van der Waals surface area contributed by atoms with E-state index in [4.69, 9.17) is 0 Å². The van der Waals surface area contributed by atoms with Gasteiger partial charge in [-0.2, -0.15) is 0 Å². The van der Waals surface area contributed by atoms with Gasteiger partial charge in [0.05, 0.1) is 6.04 Å². The highest BCUT2D eigenvalue weighted by Gasteiger charge is 2.37. The van der Waals surface area contributed by atoms with Crippen LogP contribution in [0.25, 0.3) is 0 Å². The molecule has 1 aliphatic heterocycles. The SMILES string of the molecule is CCC(CC)CN1C(=O)C(C)NC1c1ccccc1. The van der Waals surface area contributed by atoms with Crippen molar-refractivity contribution in [1.82, 2.24) is 10.2 Å². The molecule has 1 heterocycles. The topological polar surface area (TPSA) is 32.3 Å². The molecule has 19 heavy (non-hydrogen) atoms. The van der Waals surface area contributed by atoms with Gasteiger partial charge in [-0.1, -0.05) is 57.0 Å². The summed E-state index contributed by atoms with van der Waals surface area (Å²) in [7, 11) is 0. The van der Waals surface area contributed by atoms with Gasteiger partial charge in [0.15, 0.2) is 0 Å². The van der Waals surface area contributed by atoms with Crippen LogP contribution in [0.2, 0.25) is 0 Å². The minimum Gasteiger partial charge on any atom is -0.321 e. The van der Waals surface area contributed by atoms with E-state index < -0.39 is 0 Å². The fourth-order valence-electron chi connectivity index (χ4n) is 2.71. The highest BCUT2D eigenvalue weighted by molar-refractivity contribution is 5.84. The largest absolute Gasteiger partial charge is 0.321 e. The van der Waals surface area contributed by atoms with Gasteiger partial charge in [-0.3, -0.25) is 10.1 Å². The van der Waals surface area contributed by atoms with E-state index in [1.54, 1.807) is 0 Å². The zero-order valence-corrected chi connectivity index (χ0v) is 12.1. The number of carbonyl (C=O) groups is 1. The van der Waals surface area contributed by atoms with Crippen LogP contribution in [0.3, 0.4) is 0 Å². The number of amides is 1. The lowest BCUT2D eigenvalue weighted by atomic mass is 10.0. The Morgan fingerprint density at radius 2 is 1.84 bits per heavy atom. The molecule has 0 aromatic heterocycles. The summed E-state index contributed by atoms with van der Waals surface area (Å²) in [6.07, 6.45) is 2.27. The molecular weight excluding hydrogens is 236 g/mol. The van der Waals surface area contributed by atoms with Crippen molar-refractivity contribution < 1.29 is 4.79 Å². The van der Waals surface area contributed by atoms with Gasteiger partial charge in [0.1, 0.15) is 6.17 Å². The minimum atomic E-state index is -0.0837. The van der Waals surface area contributed by atoms with Gasteiger partial charge in [0.2, 0.25) is 5.91 Å². The molecule has 0 spiro atoms. The van der Waals surface area contributed by atoms with Gasteiger partial charge in [-0.25, -0.2) is 0 Å². The number of nitrogens with one attached hydrogen (secondary N) is 1. The maximum absolute atomic E-state index is 12.3. The van der Waals surface area contributed by atoms with Crippen molar-refractivity contribution in [3.8, 4) is 0 Å². The van der Waals surface area contributed by atoms with Crippen molar-refractivity contribution >= 4 is 5.91 Å². The molecular formula is C16H24N2O. The summed E-state index contributed by atoms with van der Waals surface area (Å²) in [5, 5.41) is 3.40. The molecule has 1 aromatic rings. The van der Waals surface area contributed by atoms with Crippen molar-refractivity contribution in [2.75, 3.05) is 6.54 Å². The van der Waals surface area contributed by atoms with Crippen LogP contribution < -0.4 is 5.32 Å². The van der Waals surface area contributed by atoms with Crippen molar-refractivity contribution in [1.29, 1.82) is 0 Å². The lowest BCUT2D eigenvalue weighted by molar-refractivity contribution is -0.130. The van der Waals surface area contributed by atoms with Crippen LogP contribution in [-0.2, 0) is 4.79 Å². The Balaban J connectivity index is 2.19. The summed E-state index contributed by atoms with van der Waals surface area (Å²) in [5.74, 6) is 0.808. The number of rotatable bonds is 5. The van der Waals surface area contributed by atoms with E-state index in [-0.39, 0.29) is 18.1 Å². The van der Waals surface area contributed by atoms with E-state index in [2.05, 4.69) is 31.3 Å². The Labute approximate surface area is 116 Å². The van der Waals surface area contributed by atoms with Crippen molar-refractivity contribution in [3.63, 3.8) is 0 Å². The molecule has 1 N–H and O–H groups in total. The normalized spacial score (nSPS) is 23.4. The maximum atomic E-state index is 12.3. The fourth-order valence-corrected chi connectivity index (χ4v) is 2.71. The van der Waals surface area contributed by atoms with Gasteiger partial charge < -0.3 is 4.90 Å². The molecule has 3 nitrogen and oxygen atoms in total. The Morgan fingerprint density at radius 1 is 1.21 bits per heavy atom. The number of benzene rings is 1. The predicted molar refractivity (Wildman–Crippen MR) is 77.6 cm³/mol. The Bertz CT molecular complexity index is 414. The van der Waals surface area contributed by atoms with Gasteiger partial charge >= 0.3 is 0 Å². The third-order valence-corrected chi connectivity index (χ3v) is 4.10. The van der Waals surface area contributed by atoms with Crippen molar-refractivity contribution in [2.45, 2.75) is 45.8 Å². The standard InChI is InChI=1S/C16H24N2O/c1-4-13(5-2)11-18-15(17-12(3)16(18)19)14-9-7-6-8-10-14/h6-10,12-13,15,17H,4-5,11H2,1-3H3. The van der Waals surface area contributed by atoms with E-state index in [0.717, 1.165) is 19.4 Å². The van der Waals surface area contributed by atoms with E-state index in [1.807, 2.05) is 30.0 Å². The average molecular weight is 260 g/mol. The lowest BCUT2D eigenvalue weighted by Gasteiger charge is -2.28. The van der Waals surface area contributed by atoms with Crippen LogP contribution in [0, 0.1) is 5.92 Å². The first kappa shape index (κ1) is 14.1. The van der Waals surface area contributed by atoms with Crippen molar-refractivity contribution in [3.05, 3.63) is 35.9 Å². The Hall–Kier alpha value is -1.35. The molecule has 0 bridgehead atoms. The molecule has 104 valence electrons. The fraction of sp³-hybridized carbons (Fsp3) is 0.562. The smallest absolute Gasteiger partial charge is 0.241 e. The summed E-state index contributed by atoms with van der Waals surface area (Å²) in [4.78, 5) is 14.3. The predicted octanol–water partition coefficient (Wildman–Crippen LogP) is 2.94. The molecule has 1 amide bonds.